The summed E-state index contributed by atoms with van der Waals surface area (Å²) in [6, 6.07) is 14.1. The fourth-order valence-electron chi connectivity index (χ4n) is 1.98. The predicted molar refractivity (Wildman–Crippen MR) is 75.8 cm³/mol. The zero-order valence-electron chi connectivity index (χ0n) is 11.1. The molecule has 0 bridgehead atoms. The van der Waals surface area contributed by atoms with Gasteiger partial charge in [0, 0.05) is 19.8 Å². The van der Waals surface area contributed by atoms with Crippen LogP contribution in [0.15, 0.2) is 42.5 Å². The lowest BCUT2D eigenvalue weighted by molar-refractivity contribution is 0.845. The quantitative estimate of drug-likeness (QED) is 0.897. The van der Waals surface area contributed by atoms with Crippen LogP contribution in [0.4, 0.5) is 5.82 Å². The average molecular weight is 241 g/mol. The molecule has 0 spiro atoms. The van der Waals surface area contributed by atoms with Crippen molar-refractivity contribution >= 4 is 5.82 Å². The first-order chi connectivity index (χ1) is 8.59. The van der Waals surface area contributed by atoms with Crippen LogP contribution in [0.3, 0.4) is 0 Å². The average Bonchev–Trinajstić information content (AvgIpc) is 2.38. The van der Waals surface area contributed by atoms with Crippen LogP contribution in [0.25, 0.3) is 0 Å². The summed E-state index contributed by atoms with van der Waals surface area (Å²) in [5, 5.41) is 0. The van der Waals surface area contributed by atoms with E-state index in [2.05, 4.69) is 11.1 Å². The number of hydrogen-bond donors (Lipinski definition) is 1. The van der Waals surface area contributed by atoms with Gasteiger partial charge in [0.05, 0.1) is 6.04 Å². The molecule has 0 saturated carbocycles. The third-order valence-corrected chi connectivity index (χ3v) is 3.06. The number of pyridine rings is 1. The van der Waals surface area contributed by atoms with E-state index in [1.165, 1.54) is 0 Å². The van der Waals surface area contributed by atoms with Gasteiger partial charge in [-0.25, -0.2) is 4.98 Å². The van der Waals surface area contributed by atoms with Crippen molar-refractivity contribution < 1.29 is 0 Å². The summed E-state index contributed by atoms with van der Waals surface area (Å²) in [6.45, 7) is 2.01. The Labute approximate surface area is 108 Å². The molecule has 2 aromatic rings. The number of benzene rings is 1. The summed E-state index contributed by atoms with van der Waals surface area (Å²) in [5.41, 5.74) is 9.46. The molecule has 0 fully saturated rings. The van der Waals surface area contributed by atoms with E-state index in [0.29, 0.717) is 0 Å². The first-order valence-electron chi connectivity index (χ1n) is 6.05. The Morgan fingerprint density at radius 3 is 2.28 bits per heavy atom. The van der Waals surface area contributed by atoms with Gasteiger partial charge in [0.2, 0.25) is 0 Å². The number of aryl methyl sites for hydroxylation is 1. The first kappa shape index (κ1) is 12.6. The Hall–Kier alpha value is -1.87. The Bertz CT molecular complexity index is 521. The Kier molecular flexibility index (Phi) is 3.63. The van der Waals surface area contributed by atoms with Crippen LogP contribution < -0.4 is 10.6 Å². The van der Waals surface area contributed by atoms with E-state index in [1.807, 2.05) is 62.3 Å². The van der Waals surface area contributed by atoms with E-state index in [0.717, 1.165) is 22.6 Å². The second-order valence-corrected chi connectivity index (χ2v) is 4.63. The normalized spacial score (nSPS) is 12.2. The first-order valence-corrected chi connectivity index (χ1v) is 6.05. The van der Waals surface area contributed by atoms with E-state index in [9.17, 15) is 0 Å². The van der Waals surface area contributed by atoms with Crippen LogP contribution in [0.5, 0.6) is 0 Å². The van der Waals surface area contributed by atoms with Gasteiger partial charge in [-0.05, 0) is 24.1 Å². The zero-order chi connectivity index (χ0) is 13.1. The van der Waals surface area contributed by atoms with Crippen molar-refractivity contribution in [1.29, 1.82) is 0 Å². The third kappa shape index (κ3) is 2.51. The van der Waals surface area contributed by atoms with Crippen molar-refractivity contribution in [3.63, 3.8) is 0 Å². The van der Waals surface area contributed by atoms with Crippen LogP contribution >= 0.6 is 0 Å². The SMILES string of the molecule is Cc1nc(N(C)C)ccc1[C@@H](N)c1ccccc1. The van der Waals surface area contributed by atoms with Crippen LogP contribution in [0.2, 0.25) is 0 Å². The van der Waals surface area contributed by atoms with Crippen molar-refractivity contribution in [2.24, 2.45) is 5.73 Å². The molecule has 3 nitrogen and oxygen atoms in total. The molecule has 0 aliphatic rings. The minimum absolute atomic E-state index is 0.116. The largest absolute Gasteiger partial charge is 0.363 e. The van der Waals surface area contributed by atoms with E-state index >= 15 is 0 Å². The number of anilines is 1. The number of nitrogens with zero attached hydrogens (tertiary/aromatic N) is 2. The molecule has 1 aromatic carbocycles. The minimum atomic E-state index is -0.116. The second kappa shape index (κ2) is 5.19. The van der Waals surface area contributed by atoms with Gasteiger partial charge >= 0.3 is 0 Å². The van der Waals surface area contributed by atoms with Gasteiger partial charge in [0.1, 0.15) is 5.82 Å². The molecule has 0 saturated heterocycles. The maximum atomic E-state index is 6.29. The van der Waals surface area contributed by atoms with E-state index < -0.39 is 0 Å². The molecule has 2 N–H and O–H groups in total. The molecule has 1 heterocycles. The molecular weight excluding hydrogens is 222 g/mol. The Balaban J connectivity index is 2.34. The van der Waals surface area contributed by atoms with Crippen molar-refractivity contribution in [3.8, 4) is 0 Å². The van der Waals surface area contributed by atoms with Crippen molar-refractivity contribution in [2.75, 3.05) is 19.0 Å². The number of nitrogens with two attached hydrogens (primary N) is 1. The summed E-state index contributed by atoms with van der Waals surface area (Å²) < 4.78 is 0. The van der Waals surface area contributed by atoms with Gasteiger partial charge in [-0.1, -0.05) is 36.4 Å². The molecule has 0 aliphatic heterocycles. The molecular formula is C15H19N3. The molecule has 1 aromatic heterocycles. The van der Waals surface area contributed by atoms with E-state index in [1.54, 1.807) is 0 Å². The predicted octanol–water partition coefficient (Wildman–Crippen LogP) is 2.50. The van der Waals surface area contributed by atoms with Gasteiger partial charge in [-0.15, -0.1) is 0 Å². The van der Waals surface area contributed by atoms with E-state index in [-0.39, 0.29) is 6.04 Å². The van der Waals surface area contributed by atoms with Crippen molar-refractivity contribution in [3.05, 3.63) is 59.3 Å². The lowest BCUT2D eigenvalue weighted by Gasteiger charge is -2.17. The highest BCUT2D eigenvalue weighted by Crippen LogP contribution is 2.23. The van der Waals surface area contributed by atoms with Gasteiger partial charge in [0.15, 0.2) is 0 Å². The minimum Gasteiger partial charge on any atom is -0.363 e. The molecule has 0 amide bonds. The summed E-state index contributed by atoms with van der Waals surface area (Å²) in [4.78, 5) is 6.56. The molecule has 2 rings (SSSR count). The molecule has 18 heavy (non-hydrogen) atoms. The molecule has 3 heteroatoms. The number of rotatable bonds is 3. The number of aromatic nitrogens is 1. The molecule has 0 radical (unpaired) electrons. The van der Waals surface area contributed by atoms with Crippen molar-refractivity contribution in [1.82, 2.24) is 4.98 Å². The molecule has 1 atom stereocenters. The zero-order valence-corrected chi connectivity index (χ0v) is 11.1. The standard InChI is InChI=1S/C15H19N3/c1-11-13(9-10-14(17-11)18(2)3)15(16)12-7-5-4-6-8-12/h4-10,15H,16H2,1-3H3/t15-/m0/s1. The number of hydrogen-bond acceptors (Lipinski definition) is 3. The smallest absolute Gasteiger partial charge is 0.128 e. The summed E-state index contributed by atoms with van der Waals surface area (Å²) in [5.74, 6) is 0.955. The monoisotopic (exact) mass is 241 g/mol. The lowest BCUT2D eigenvalue weighted by Crippen LogP contribution is -2.16. The molecule has 0 aliphatic carbocycles. The summed E-state index contributed by atoms with van der Waals surface area (Å²) >= 11 is 0. The van der Waals surface area contributed by atoms with Crippen molar-refractivity contribution in [2.45, 2.75) is 13.0 Å². The van der Waals surface area contributed by atoms with Crippen LogP contribution in [-0.2, 0) is 0 Å². The van der Waals surface area contributed by atoms with Gasteiger partial charge < -0.3 is 10.6 Å². The fraction of sp³-hybridized carbons (Fsp3) is 0.267. The van der Waals surface area contributed by atoms with Crippen LogP contribution in [0.1, 0.15) is 22.9 Å². The summed E-state index contributed by atoms with van der Waals surface area (Å²) in [6.07, 6.45) is 0. The molecule has 94 valence electrons. The highest BCUT2D eigenvalue weighted by molar-refractivity contribution is 5.43. The van der Waals surface area contributed by atoms with Crippen LogP contribution in [0, 0.1) is 6.92 Å². The Morgan fingerprint density at radius 1 is 1.06 bits per heavy atom. The van der Waals surface area contributed by atoms with Crippen LogP contribution in [-0.4, -0.2) is 19.1 Å². The van der Waals surface area contributed by atoms with E-state index in [4.69, 9.17) is 5.73 Å². The highest BCUT2D eigenvalue weighted by atomic mass is 15.1. The fourth-order valence-corrected chi connectivity index (χ4v) is 1.98. The highest BCUT2D eigenvalue weighted by Gasteiger charge is 2.12. The summed E-state index contributed by atoms with van der Waals surface area (Å²) in [7, 11) is 3.97. The van der Waals surface area contributed by atoms with Gasteiger partial charge in [0.25, 0.3) is 0 Å². The third-order valence-electron chi connectivity index (χ3n) is 3.06. The maximum absolute atomic E-state index is 6.29. The Morgan fingerprint density at radius 2 is 1.72 bits per heavy atom. The maximum Gasteiger partial charge on any atom is 0.128 e. The lowest BCUT2D eigenvalue weighted by atomic mass is 9.98. The van der Waals surface area contributed by atoms with Gasteiger partial charge in [-0.2, -0.15) is 0 Å². The van der Waals surface area contributed by atoms with Gasteiger partial charge in [-0.3, -0.25) is 0 Å². The molecule has 0 unspecified atom stereocenters. The topological polar surface area (TPSA) is 42.2 Å². The second-order valence-electron chi connectivity index (χ2n) is 4.63.